The summed E-state index contributed by atoms with van der Waals surface area (Å²) in [6.07, 6.45) is 1.73. The van der Waals surface area contributed by atoms with Gasteiger partial charge in [0, 0.05) is 27.4 Å². The summed E-state index contributed by atoms with van der Waals surface area (Å²) >= 11 is 13.7. The minimum atomic E-state index is -0.382. The van der Waals surface area contributed by atoms with Crippen molar-refractivity contribution in [2.24, 2.45) is 0 Å². The van der Waals surface area contributed by atoms with Crippen molar-refractivity contribution in [2.75, 3.05) is 10.2 Å². The highest BCUT2D eigenvalue weighted by Crippen LogP contribution is 2.40. The van der Waals surface area contributed by atoms with Crippen molar-refractivity contribution in [1.29, 1.82) is 0 Å². The Balaban J connectivity index is 1.40. The Morgan fingerprint density at radius 3 is 2.56 bits per heavy atom. The van der Waals surface area contributed by atoms with Gasteiger partial charge < -0.3 is 10.2 Å². The van der Waals surface area contributed by atoms with E-state index in [0.29, 0.717) is 27.8 Å². The van der Waals surface area contributed by atoms with Gasteiger partial charge in [-0.15, -0.1) is 0 Å². The number of carbonyl (C=O) groups is 2. The number of rotatable bonds is 3. The van der Waals surface area contributed by atoms with Gasteiger partial charge in [0.2, 0.25) is 0 Å². The third kappa shape index (κ3) is 4.53. The molecule has 0 fully saturated rings. The van der Waals surface area contributed by atoms with E-state index in [1.807, 2.05) is 36.4 Å². The quantitative estimate of drug-likeness (QED) is 0.327. The van der Waals surface area contributed by atoms with E-state index >= 15 is 0 Å². The third-order valence-electron chi connectivity index (χ3n) is 5.36. The Hall–Kier alpha value is -3.32. The molecular formula is C26H17Cl2N3O2S. The highest BCUT2D eigenvalue weighted by molar-refractivity contribution is 7.99. The number of fused-ring (bicyclic) bond motifs is 2. The van der Waals surface area contributed by atoms with Crippen molar-refractivity contribution in [3.05, 3.63) is 112 Å². The Labute approximate surface area is 210 Å². The maximum atomic E-state index is 13.5. The van der Waals surface area contributed by atoms with Gasteiger partial charge in [-0.05, 0) is 66.2 Å². The van der Waals surface area contributed by atoms with Gasteiger partial charge in [0.25, 0.3) is 11.8 Å². The molecule has 2 heterocycles. The molecule has 0 aliphatic carbocycles. The van der Waals surface area contributed by atoms with Gasteiger partial charge in [-0.25, -0.2) is 4.98 Å². The number of halogens is 2. The molecule has 0 saturated heterocycles. The van der Waals surface area contributed by atoms with Gasteiger partial charge in [0.05, 0.1) is 22.8 Å². The summed E-state index contributed by atoms with van der Waals surface area (Å²) in [6.45, 7) is 0.437. The molecule has 0 radical (unpaired) electrons. The van der Waals surface area contributed by atoms with E-state index in [1.165, 1.54) is 6.07 Å². The molecular weight excluding hydrogens is 489 g/mol. The minimum Gasteiger partial charge on any atom is -0.322 e. The summed E-state index contributed by atoms with van der Waals surface area (Å²) in [5.41, 5.74) is 3.14. The van der Waals surface area contributed by atoms with Gasteiger partial charge >= 0.3 is 0 Å². The van der Waals surface area contributed by atoms with E-state index in [9.17, 15) is 9.59 Å². The van der Waals surface area contributed by atoms with Crippen LogP contribution < -0.4 is 10.2 Å². The van der Waals surface area contributed by atoms with Gasteiger partial charge in [-0.1, -0.05) is 53.2 Å². The first-order valence-corrected chi connectivity index (χ1v) is 12.0. The van der Waals surface area contributed by atoms with Crippen LogP contribution in [0.25, 0.3) is 0 Å². The van der Waals surface area contributed by atoms with Crippen molar-refractivity contribution >= 4 is 58.2 Å². The molecule has 0 atom stereocenters. The number of nitrogens with one attached hydrogen (secondary N) is 1. The molecule has 3 aromatic carbocycles. The first kappa shape index (κ1) is 22.5. The standard InChI is InChI=1S/C26H17Cl2N3O2S/c27-18-9-12-21(28)20(14-18)24(32)30-19-10-7-16(8-11-19)26(33)31-15-17-4-1-2-6-23(17)34-25-22(31)5-3-13-29-25/h1-14H,15H2,(H,30,32). The Morgan fingerprint density at radius 1 is 0.941 bits per heavy atom. The second kappa shape index (κ2) is 9.50. The number of pyridine rings is 1. The van der Waals surface area contributed by atoms with E-state index in [1.54, 1.807) is 59.3 Å². The molecule has 1 aliphatic rings. The first-order valence-electron chi connectivity index (χ1n) is 10.4. The lowest BCUT2D eigenvalue weighted by Crippen LogP contribution is -2.30. The number of hydrogen-bond acceptors (Lipinski definition) is 4. The molecule has 4 aromatic rings. The zero-order valence-electron chi connectivity index (χ0n) is 17.7. The predicted molar refractivity (Wildman–Crippen MR) is 136 cm³/mol. The van der Waals surface area contributed by atoms with E-state index in [4.69, 9.17) is 23.2 Å². The summed E-state index contributed by atoms with van der Waals surface area (Å²) in [5, 5.41) is 4.30. The zero-order valence-corrected chi connectivity index (χ0v) is 20.0. The van der Waals surface area contributed by atoms with E-state index in [0.717, 1.165) is 21.2 Å². The predicted octanol–water partition coefficient (Wildman–Crippen LogP) is 6.95. The van der Waals surface area contributed by atoms with E-state index in [-0.39, 0.29) is 17.4 Å². The molecule has 1 N–H and O–H groups in total. The summed E-state index contributed by atoms with van der Waals surface area (Å²) < 4.78 is 0. The fraction of sp³-hybridized carbons (Fsp3) is 0.0385. The Bertz CT molecular complexity index is 1410. The molecule has 0 saturated carbocycles. The van der Waals surface area contributed by atoms with Gasteiger partial charge in [-0.2, -0.15) is 0 Å². The molecule has 5 nitrogen and oxygen atoms in total. The number of anilines is 2. The second-order valence-electron chi connectivity index (χ2n) is 7.58. The smallest absolute Gasteiger partial charge is 0.258 e. The van der Waals surface area contributed by atoms with Crippen molar-refractivity contribution in [2.45, 2.75) is 16.5 Å². The molecule has 1 aliphatic heterocycles. The van der Waals surface area contributed by atoms with Gasteiger partial charge in [0.1, 0.15) is 5.03 Å². The molecule has 2 amide bonds. The van der Waals surface area contributed by atoms with Crippen LogP contribution in [0, 0.1) is 0 Å². The Morgan fingerprint density at radius 2 is 1.74 bits per heavy atom. The maximum absolute atomic E-state index is 13.5. The van der Waals surface area contributed by atoms with Crippen LogP contribution >= 0.6 is 35.0 Å². The van der Waals surface area contributed by atoms with Crippen molar-refractivity contribution in [3.63, 3.8) is 0 Å². The third-order valence-corrected chi connectivity index (χ3v) is 7.05. The number of nitrogens with zero attached hydrogens (tertiary/aromatic N) is 2. The summed E-state index contributed by atoms with van der Waals surface area (Å²) in [5.74, 6) is -0.532. The monoisotopic (exact) mass is 505 g/mol. The lowest BCUT2D eigenvalue weighted by Gasteiger charge is -2.22. The van der Waals surface area contributed by atoms with Crippen LogP contribution in [0.2, 0.25) is 10.0 Å². The molecule has 0 unspecified atom stereocenters. The molecule has 5 rings (SSSR count). The molecule has 0 spiro atoms. The van der Waals surface area contributed by atoms with Crippen LogP contribution in [0.3, 0.4) is 0 Å². The van der Waals surface area contributed by atoms with Crippen molar-refractivity contribution in [3.8, 4) is 0 Å². The number of hydrogen-bond donors (Lipinski definition) is 1. The van der Waals surface area contributed by atoms with E-state index in [2.05, 4.69) is 10.3 Å². The Kier molecular flexibility index (Phi) is 6.28. The normalized spacial score (nSPS) is 12.4. The number of carbonyl (C=O) groups excluding carboxylic acids is 2. The van der Waals surface area contributed by atoms with Crippen LogP contribution in [0.1, 0.15) is 26.3 Å². The average molecular weight is 506 g/mol. The molecule has 8 heteroatoms. The number of benzene rings is 3. The molecule has 0 bridgehead atoms. The average Bonchev–Trinajstić information content (AvgIpc) is 3.02. The maximum Gasteiger partial charge on any atom is 0.258 e. The molecule has 1 aromatic heterocycles. The highest BCUT2D eigenvalue weighted by atomic mass is 35.5. The highest BCUT2D eigenvalue weighted by Gasteiger charge is 2.26. The molecule has 168 valence electrons. The number of amides is 2. The van der Waals surface area contributed by atoms with Crippen LogP contribution in [0.15, 0.2) is 95.0 Å². The summed E-state index contributed by atoms with van der Waals surface area (Å²) in [7, 11) is 0. The largest absolute Gasteiger partial charge is 0.322 e. The van der Waals surface area contributed by atoms with Crippen molar-refractivity contribution in [1.82, 2.24) is 4.98 Å². The van der Waals surface area contributed by atoms with Crippen LogP contribution in [-0.2, 0) is 6.54 Å². The summed E-state index contributed by atoms with van der Waals surface area (Å²) in [4.78, 5) is 33.4. The molecule has 34 heavy (non-hydrogen) atoms. The lowest BCUT2D eigenvalue weighted by molar-refractivity contribution is 0.0983. The topological polar surface area (TPSA) is 62.3 Å². The zero-order chi connectivity index (χ0) is 23.7. The van der Waals surface area contributed by atoms with Crippen LogP contribution in [0.4, 0.5) is 11.4 Å². The fourth-order valence-corrected chi connectivity index (χ4v) is 5.05. The SMILES string of the molecule is O=C(Nc1ccc(C(=O)N2Cc3ccccc3Sc3ncccc32)cc1)c1cc(Cl)ccc1Cl. The first-order chi connectivity index (χ1) is 16.5. The van der Waals surface area contributed by atoms with Crippen molar-refractivity contribution < 1.29 is 9.59 Å². The van der Waals surface area contributed by atoms with Gasteiger partial charge in [-0.3, -0.25) is 9.59 Å². The van der Waals surface area contributed by atoms with Crippen LogP contribution in [-0.4, -0.2) is 16.8 Å². The second-order valence-corrected chi connectivity index (χ2v) is 9.46. The lowest BCUT2D eigenvalue weighted by atomic mass is 10.1. The minimum absolute atomic E-state index is 0.151. The van der Waals surface area contributed by atoms with Gasteiger partial charge in [0.15, 0.2) is 0 Å². The summed E-state index contributed by atoms with van der Waals surface area (Å²) in [6, 6.07) is 23.2. The number of aromatic nitrogens is 1. The van der Waals surface area contributed by atoms with E-state index < -0.39 is 0 Å². The van der Waals surface area contributed by atoms with Crippen LogP contribution in [0.5, 0.6) is 0 Å². The fourth-order valence-electron chi connectivity index (χ4n) is 3.66.